The van der Waals surface area contributed by atoms with Gasteiger partial charge in [0.15, 0.2) is 9.84 Å². The number of benzene rings is 1. The van der Waals surface area contributed by atoms with E-state index in [0.29, 0.717) is 47.9 Å². The summed E-state index contributed by atoms with van der Waals surface area (Å²) in [5, 5.41) is 20.7. The van der Waals surface area contributed by atoms with E-state index >= 15 is 0 Å². The Kier molecular flexibility index (Phi) is 18.5. The highest BCUT2D eigenvalue weighted by atomic mass is 79.9. The summed E-state index contributed by atoms with van der Waals surface area (Å²) in [6, 6.07) is 18.2. The molecular formula is C40H46BrClN10O10S. The average molecular weight is 974 g/mol. The second-order valence-electron chi connectivity index (χ2n) is 13.6. The Balaban J connectivity index is 0.000000169. The summed E-state index contributed by atoms with van der Waals surface area (Å²) in [7, 11) is -2.09. The van der Waals surface area contributed by atoms with Gasteiger partial charge in [0.25, 0.3) is 11.4 Å². The number of hydrogen-bond donors (Lipinski definition) is 1. The van der Waals surface area contributed by atoms with Crippen LogP contribution in [0, 0.1) is 20.2 Å². The lowest BCUT2D eigenvalue weighted by atomic mass is 10.3. The van der Waals surface area contributed by atoms with Gasteiger partial charge in [-0.3, -0.25) is 20.2 Å². The number of nitrogen functional groups attached to an aromatic ring is 1. The second-order valence-corrected chi connectivity index (χ2v) is 16.8. The smallest absolute Gasteiger partial charge is 0.287 e. The average Bonchev–Trinajstić information content (AvgIpc) is 3.31. The van der Waals surface area contributed by atoms with E-state index in [1.54, 1.807) is 42.7 Å². The molecule has 63 heavy (non-hydrogen) atoms. The van der Waals surface area contributed by atoms with E-state index in [2.05, 4.69) is 45.7 Å². The van der Waals surface area contributed by atoms with E-state index in [4.69, 9.17) is 36.3 Å². The molecule has 4 aromatic heterocycles. The van der Waals surface area contributed by atoms with Crippen molar-refractivity contribution < 1.29 is 37.2 Å². The van der Waals surface area contributed by atoms with Gasteiger partial charge in [0.05, 0.1) is 74.2 Å². The van der Waals surface area contributed by atoms with Gasteiger partial charge in [-0.05, 0) is 54.1 Å². The van der Waals surface area contributed by atoms with Gasteiger partial charge in [-0.1, -0.05) is 33.6 Å². The minimum atomic E-state index is -3.54. The molecule has 2 N–H and O–H groups in total. The largest absolute Gasteiger partial charge is 0.495 e. The van der Waals surface area contributed by atoms with Gasteiger partial charge >= 0.3 is 0 Å². The Morgan fingerprint density at radius 2 is 1.14 bits per heavy atom. The van der Waals surface area contributed by atoms with Crippen LogP contribution in [0.1, 0.15) is 5.56 Å². The van der Waals surface area contributed by atoms with Gasteiger partial charge in [0.1, 0.15) is 45.6 Å². The first-order valence-electron chi connectivity index (χ1n) is 19.4. The van der Waals surface area contributed by atoms with Crippen LogP contribution in [0.2, 0.25) is 5.15 Å². The maximum absolute atomic E-state index is 12.8. The summed E-state index contributed by atoms with van der Waals surface area (Å²) < 4.78 is 47.2. The molecule has 5 aromatic rings. The Hall–Kier alpha value is -5.78. The first-order chi connectivity index (χ1) is 30.3. The molecule has 7 heterocycles. The molecule has 0 spiro atoms. The predicted molar refractivity (Wildman–Crippen MR) is 240 cm³/mol. The molecule has 3 aliphatic rings. The van der Waals surface area contributed by atoms with Crippen LogP contribution in [0.15, 0.2) is 101 Å². The molecule has 20 nitrogen and oxygen atoms in total. The quantitative estimate of drug-likeness (QED) is 0.107. The van der Waals surface area contributed by atoms with Crippen LogP contribution in [-0.4, -0.2) is 124 Å². The molecule has 0 saturated carbocycles. The molecule has 0 bridgehead atoms. The number of sulfone groups is 1. The fourth-order valence-corrected chi connectivity index (χ4v) is 8.15. The van der Waals surface area contributed by atoms with Gasteiger partial charge in [0, 0.05) is 62.1 Å². The number of nitro groups is 2. The van der Waals surface area contributed by atoms with Crippen molar-refractivity contribution in [1.82, 2.24) is 19.9 Å². The van der Waals surface area contributed by atoms with Crippen LogP contribution in [0.25, 0.3) is 0 Å². The van der Waals surface area contributed by atoms with Gasteiger partial charge in [-0.2, -0.15) is 0 Å². The molecule has 3 fully saturated rings. The maximum atomic E-state index is 12.8. The highest BCUT2D eigenvalue weighted by molar-refractivity contribution is 9.10. The molecule has 1 aromatic carbocycles. The fraction of sp³-hybridized carbons (Fsp3) is 0.350. The van der Waals surface area contributed by atoms with Crippen LogP contribution in [0.4, 0.5) is 34.5 Å². The first kappa shape index (κ1) is 48.3. The lowest BCUT2D eigenvalue weighted by Gasteiger charge is -2.27. The first-order valence-corrected chi connectivity index (χ1v) is 22.2. The molecule has 0 radical (unpaired) electrons. The number of pyridine rings is 4. The minimum absolute atomic E-state index is 0.0204. The number of methoxy groups -OCH3 is 1. The van der Waals surface area contributed by atoms with Crippen LogP contribution in [0.5, 0.6) is 5.75 Å². The Morgan fingerprint density at radius 1 is 0.683 bits per heavy atom. The summed E-state index contributed by atoms with van der Waals surface area (Å²) in [5.74, 6) is 2.79. The molecule has 0 amide bonds. The normalized spacial score (nSPS) is 15.0. The van der Waals surface area contributed by atoms with Crippen molar-refractivity contribution in [2.75, 3.05) is 106 Å². The highest BCUT2D eigenvalue weighted by Gasteiger charge is 2.22. The number of nitrogens with two attached hydrogens (primary N) is 1. The Bertz CT molecular complexity index is 2320. The van der Waals surface area contributed by atoms with Crippen molar-refractivity contribution in [2.24, 2.45) is 0 Å². The summed E-state index contributed by atoms with van der Waals surface area (Å²) in [5.41, 5.74) is 6.86. The maximum Gasteiger partial charge on any atom is 0.287 e. The van der Waals surface area contributed by atoms with Crippen molar-refractivity contribution in [3.05, 3.63) is 127 Å². The molecule has 3 saturated heterocycles. The zero-order valence-corrected chi connectivity index (χ0v) is 37.4. The van der Waals surface area contributed by atoms with Crippen molar-refractivity contribution >= 4 is 71.9 Å². The molecule has 3 aliphatic heterocycles. The lowest BCUT2D eigenvalue weighted by Crippen LogP contribution is -2.36. The van der Waals surface area contributed by atoms with Crippen LogP contribution < -0.4 is 25.2 Å². The van der Waals surface area contributed by atoms with E-state index in [-0.39, 0.29) is 27.2 Å². The topological polar surface area (TPSA) is 245 Å². The third kappa shape index (κ3) is 15.2. The van der Waals surface area contributed by atoms with Gasteiger partial charge < -0.3 is 39.4 Å². The summed E-state index contributed by atoms with van der Waals surface area (Å²) in [6.45, 7) is 9.26. The number of halogens is 2. The number of aromatic nitrogens is 4. The van der Waals surface area contributed by atoms with E-state index < -0.39 is 19.7 Å². The monoisotopic (exact) mass is 972 g/mol. The molecule has 0 aliphatic carbocycles. The van der Waals surface area contributed by atoms with Gasteiger partial charge in [0.2, 0.25) is 0 Å². The SMILES string of the molecule is COc1ccc(Br)cc1S(=O)(=O)Cc1ccc(N2CCOCC2)nc1.Nc1ccc(N2CCOCC2)nc1.O=[N+]([O-])c1ccc(Cl)nc1.O=[N+]([O-])c1ccc(N2CCOCC2)nc1. The van der Waals surface area contributed by atoms with E-state index in [0.717, 1.165) is 76.1 Å². The number of anilines is 4. The molecular weight excluding hydrogens is 928 g/mol. The van der Waals surface area contributed by atoms with Crippen LogP contribution in [0.3, 0.4) is 0 Å². The van der Waals surface area contributed by atoms with Gasteiger partial charge in [-0.25, -0.2) is 28.4 Å². The summed E-state index contributed by atoms with van der Waals surface area (Å²) >= 11 is 8.69. The number of rotatable bonds is 9. The molecule has 0 unspecified atom stereocenters. The second kappa shape index (κ2) is 24.2. The summed E-state index contributed by atoms with van der Waals surface area (Å²) in [6.07, 6.45) is 5.70. The van der Waals surface area contributed by atoms with Crippen molar-refractivity contribution in [3.63, 3.8) is 0 Å². The van der Waals surface area contributed by atoms with Crippen LogP contribution >= 0.6 is 27.5 Å². The number of ether oxygens (including phenoxy) is 4. The lowest BCUT2D eigenvalue weighted by molar-refractivity contribution is -0.385. The zero-order chi connectivity index (χ0) is 45.2. The highest BCUT2D eigenvalue weighted by Crippen LogP contribution is 2.30. The number of nitrogens with zero attached hydrogens (tertiary/aromatic N) is 9. The Morgan fingerprint density at radius 3 is 1.54 bits per heavy atom. The van der Waals surface area contributed by atoms with E-state index in [1.165, 1.54) is 31.5 Å². The van der Waals surface area contributed by atoms with Gasteiger partial charge in [-0.15, -0.1) is 0 Å². The van der Waals surface area contributed by atoms with Crippen molar-refractivity contribution in [1.29, 1.82) is 0 Å². The van der Waals surface area contributed by atoms with Crippen molar-refractivity contribution in [3.8, 4) is 5.75 Å². The molecule has 0 atom stereocenters. The molecule has 336 valence electrons. The molecule has 23 heteroatoms. The fourth-order valence-electron chi connectivity index (χ4n) is 5.99. The third-order valence-corrected chi connectivity index (χ3v) is 11.7. The minimum Gasteiger partial charge on any atom is -0.495 e. The molecule has 8 rings (SSSR count). The predicted octanol–water partition coefficient (Wildman–Crippen LogP) is 5.63. The standard InChI is InChI=1S/C17H19BrN2O4S.C9H11N3O3.C9H13N3O.C5H3ClN2O2/c1-23-15-4-3-14(18)10-16(15)25(21,22)12-13-2-5-17(19-11-13)20-6-8-24-9-7-20;13-12(14)8-1-2-9(10-7-8)11-3-5-15-6-4-11;10-8-1-2-9(11-7-8)12-3-5-13-6-4-12;6-5-2-1-4(3-7-5)8(9)10/h2-5,10-11H,6-9,12H2,1H3;1-2,7H,3-6H2;1-2,7H,3-6,10H2;1-3H. The zero-order valence-electron chi connectivity index (χ0n) is 34.2. The Labute approximate surface area is 377 Å². The van der Waals surface area contributed by atoms with Crippen molar-refractivity contribution in [2.45, 2.75) is 10.6 Å². The number of morpholine rings is 3. The third-order valence-electron chi connectivity index (χ3n) is 9.27. The van der Waals surface area contributed by atoms with E-state index in [9.17, 15) is 28.6 Å². The van der Waals surface area contributed by atoms with E-state index in [1.807, 2.05) is 23.1 Å². The summed E-state index contributed by atoms with van der Waals surface area (Å²) in [4.78, 5) is 42.3. The number of hydrogen-bond acceptors (Lipinski definition) is 18. The van der Waals surface area contributed by atoms with Crippen LogP contribution in [-0.2, 0) is 29.8 Å².